The summed E-state index contributed by atoms with van der Waals surface area (Å²) < 4.78 is 32.0. The lowest BCUT2D eigenvalue weighted by Gasteiger charge is -2.30. The predicted molar refractivity (Wildman–Crippen MR) is 74.8 cm³/mol. The van der Waals surface area contributed by atoms with Gasteiger partial charge in [-0.3, -0.25) is 0 Å². The fraction of sp³-hybridized carbons (Fsp3) is 0.571. The molecule has 19 heavy (non-hydrogen) atoms. The molecule has 0 spiro atoms. The van der Waals surface area contributed by atoms with Crippen LogP contribution in [0.5, 0.6) is 5.75 Å². The lowest BCUT2D eigenvalue weighted by Crippen LogP contribution is -2.38. The number of para-hydroxylation sites is 1. The number of ether oxygens (including phenoxy) is 1. The summed E-state index contributed by atoms with van der Waals surface area (Å²) in [4.78, 5) is 0.255. The Hall–Kier alpha value is -1.07. The Balaban J connectivity index is 2.30. The molecular formula is C14H21NO3S. The zero-order valence-corrected chi connectivity index (χ0v) is 12.3. The second-order valence-corrected chi connectivity index (χ2v) is 6.93. The summed E-state index contributed by atoms with van der Waals surface area (Å²) in [5.41, 5.74) is 0. The van der Waals surface area contributed by atoms with Gasteiger partial charge in [-0.2, -0.15) is 4.31 Å². The number of nitrogens with zero attached hydrogens (tertiary/aromatic N) is 1. The molecule has 1 saturated carbocycles. The molecule has 5 heteroatoms. The average Bonchev–Trinajstić information content (AvgIpc) is 2.47. The van der Waals surface area contributed by atoms with Gasteiger partial charge in [0.05, 0.1) is 7.11 Å². The van der Waals surface area contributed by atoms with Crippen LogP contribution in [0.2, 0.25) is 0 Å². The van der Waals surface area contributed by atoms with E-state index in [9.17, 15) is 8.42 Å². The summed E-state index contributed by atoms with van der Waals surface area (Å²) in [6, 6.07) is 6.90. The molecule has 0 radical (unpaired) electrons. The Bertz CT molecular complexity index is 521. The van der Waals surface area contributed by atoms with E-state index in [2.05, 4.69) is 0 Å². The molecule has 0 N–H and O–H groups in total. The minimum absolute atomic E-state index is 0.115. The quantitative estimate of drug-likeness (QED) is 0.853. The Morgan fingerprint density at radius 3 is 2.42 bits per heavy atom. The zero-order chi connectivity index (χ0) is 13.9. The molecule has 0 atom stereocenters. The summed E-state index contributed by atoms with van der Waals surface area (Å²) in [6.45, 7) is 0. The van der Waals surface area contributed by atoms with Gasteiger partial charge in [0.25, 0.3) is 0 Å². The van der Waals surface area contributed by atoms with Gasteiger partial charge < -0.3 is 4.74 Å². The molecule has 0 unspecified atom stereocenters. The predicted octanol–water partition coefficient (Wildman–Crippen LogP) is 2.65. The first kappa shape index (κ1) is 14.3. The van der Waals surface area contributed by atoms with Crippen molar-refractivity contribution in [1.82, 2.24) is 4.31 Å². The Morgan fingerprint density at radius 2 is 1.79 bits per heavy atom. The maximum absolute atomic E-state index is 12.7. The van der Waals surface area contributed by atoms with Gasteiger partial charge in [0.1, 0.15) is 10.6 Å². The molecule has 1 aliphatic carbocycles. The molecule has 106 valence electrons. The van der Waals surface area contributed by atoms with E-state index in [1.807, 2.05) is 0 Å². The molecular weight excluding hydrogens is 262 g/mol. The molecule has 0 heterocycles. The van der Waals surface area contributed by atoms with E-state index in [0.717, 1.165) is 25.7 Å². The number of sulfonamides is 1. The number of rotatable bonds is 4. The third kappa shape index (κ3) is 2.92. The molecule has 1 fully saturated rings. The van der Waals surface area contributed by atoms with Crippen LogP contribution in [0.25, 0.3) is 0 Å². The summed E-state index contributed by atoms with van der Waals surface area (Å²) in [5, 5.41) is 0. The van der Waals surface area contributed by atoms with Gasteiger partial charge in [-0.15, -0.1) is 0 Å². The van der Waals surface area contributed by atoms with Crippen molar-refractivity contribution in [1.29, 1.82) is 0 Å². The maximum atomic E-state index is 12.7. The van der Waals surface area contributed by atoms with Gasteiger partial charge in [0.15, 0.2) is 0 Å². The standard InChI is InChI=1S/C14H21NO3S/c1-15(12-8-4-3-5-9-12)19(16,17)14-11-7-6-10-13(14)18-2/h6-7,10-12H,3-5,8-9H2,1-2H3. The second-order valence-electron chi connectivity index (χ2n) is 4.96. The van der Waals surface area contributed by atoms with Gasteiger partial charge in [0.2, 0.25) is 10.0 Å². The van der Waals surface area contributed by atoms with E-state index >= 15 is 0 Å². The number of methoxy groups -OCH3 is 1. The molecule has 2 rings (SSSR count). The van der Waals surface area contributed by atoms with Gasteiger partial charge in [-0.05, 0) is 25.0 Å². The highest BCUT2D eigenvalue weighted by Crippen LogP contribution is 2.30. The first-order chi connectivity index (χ1) is 9.07. The van der Waals surface area contributed by atoms with Crippen LogP contribution in [0.15, 0.2) is 29.2 Å². The van der Waals surface area contributed by atoms with Crippen LogP contribution in [0.1, 0.15) is 32.1 Å². The van der Waals surface area contributed by atoms with Gasteiger partial charge in [-0.1, -0.05) is 31.4 Å². The van der Waals surface area contributed by atoms with Crippen molar-refractivity contribution in [2.24, 2.45) is 0 Å². The SMILES string of the molecule is COc1ccccc1S(=O)(=O)N(C)C1CCCCC1. The van der Waals surface area contributed by atoms with Gasteiger partial charge in [-0.25, -0.2) is 8.42 Å². The van der Waals surface area contributed by atoms with Crippen LogP contribution in [0, 0.1) is 0 Å². The Kier molecular flexibility index (Phi) is 4.47. The summed E-state index contributed by atoms with van der Waals surface area (Å²) in [6.07, 6.45) is 5.32. The highest BCUT2D eigenvalue weighted by molar-refractivity contribution is 7.89. The normalized spacial score (nSPS) is 17.6. The highest BCUT2D eigenvalue weighted by atomic mass is 32.2. The maximum Gasteiger partial charge on any atom is 0.246 e. The van der Waals surface area contributed by atoms with E-state index in [-0.39, 0.29) is 10.9 Å². The monoisotopic (exact) mass is 283 g/mol. The average molecular weight is 283 g/mol. The van der Waals surface area contributed by atoms with Gasteiger partial charge >= 0.3 is 0 Å². The molecule has 1 aromatic carbocycles. The Morgan fingerprint density at radius 1 is 1.16 bits per heavy atom. The minimum atomic E-state index is -3.47. The van der Waals surface area contributed by atoms with Crippen molar-refractivity contribution < 1.29 is 13.2 Å². The minimum Gasteiger partial charge on any atom is -0.495 e. The van der Waals surface area contributed by atoms with E-state index < -0.39 is 10.0 Å². The van der Waals surface area contributed by atoms with E-state index in [1.165, 1.54) is 17.8 Å². The van der Waals surface area contributed by atoms with Crippen molar-refractivity contribution in [3.8, 4) is 5.75 Å². The van der Waals surface area contributed by atoms with Crippen molar-refractivity contribution >= 4 is 10.0 Å². The number of hydrogen-bond acceptors (Lipinski definition) is 3. The van der Waals surface area contributed by atoms with Crippen LogP contribution in [-0.4, -0.2) is 32.9 Å². The van der Waals surface area contributed by atoms with Crippen LogP contribution in [0.3, 0.4) is 0 Å². The van der Waals surface area contributed by atoms with Crippen LogP contribution >= 0.6 is 0 Å². The summed E-state index contributed by atoms with van der Waals surface area (Å²) >= 11 is 0. The molecule has 0 aliphatic heterocycles. The molecule has 4 nitrogen and oxygen atoms in total. The van der Waals surface area contributed by atoms with Crippen molar-refractivity contribution in [2.45, 2.75) is 43.0 Å². The fourth-order valence-electron chi connectivity index (χ4n) is 2.63. The second kappa shape index (κ2) is 5.92. The van der Waals surface area contributed by atoms with Crippen LogP contribution in [0.4, 0.5) is 0 Å². The third-order valence-corrected chi connectivity index (χ3v) is 5.76. The van der Waals surface area contributed by atoms with E-state index in [1.54, 1.807) is 31.3 Å². The van der Waals surface area contributed by atoms with Crippen LogP contribution < -0.4 is 4.74 Å². The lowest BCUT2D eigenvalue weighted by molar-refractivity contribution is 0.284. The first-order valence-electron chi connectivity index (χ1n) is 6.68. The topological polar surface area (TPSA) is 46.6 Å². The third-order valence-electron chi connectivity index (χ3n) is 3.82. The summed E-state index contributed by atoms with van der Waals surface area (Å²) in [7, 11) is -0.300. The molecule has 1 aromatic rings. The largest absolute Gasteiger partial charge is 0.495 e. The molecule has 0 saturated heterocycles. The smallest absolute Gasteiger partial charge is 0.246 e. The van der Waals surface area contributed by atoms with E-state index in [0.29, 0.717) is 5.75 Å². The number of benzene rings is 1. The molecule has 0 bridgehead atoms. The molecule has 0 aromatic heterocycles. The van der Waals surface area contributed by atoms with Crippen molar-refractivity contribution in [3.63, 3.8) is 0 Å². The zero-order valence-electron chi connectivity index (χ0n) is 11.5. The molecule has 1 aliphatic rings. The van der Waals surface area contributed by atoms with Crippen molar-refractivity contribution in [2.75, 3.05) is 14.2 Å². The molecule has 0 amide bonds. The van der Waals surface area contributed by atoms with E-state index in [4.69, 9.17) is 4.74 Å². The first-order valence-corrected chi connectivity index (χ1v) is 8.12. The summed E-state index contributed by atoms with van der Waals surface area (Å²) in [5.74, 6) is 0.408. The number of hydrogen-bond donors (Lipinski definition) is 0. The van der Waals surface area contributed by atoms with Crippen LogP contribution in [-0.2, 0) is 10.0 Å². The fourth-order valence-corrected chi connectivity index (χ4v) is 4.20. The Labute approximate surface area is 115 Å². The lowest BCUT2D eigenvalue weighted by atomic mass is 9.96. The van der Waals surface area contributed by atoms with Gasteiger partial charge in [0, 0.05) is 13.1 Å². The highest BCUT2D eigenvalue weighted by Gasteiger charge is 2.30. The van der Waals surface area contributed by atoms with Crippen molar-refractivity contribution in [3.05, 3.63) is 24.3 Å².